The highest BCUT2D eigenvalue weighted by Gasteiger charge is 2.17. The van der Waals surface area contributed by atoms with Gasteiger partial charge in [0.2, 0.25) is 5.43 Å². The Labute approximate surface area is 132 Å². The fourth-order valence-corrected chi connectivity index (χ4v) is 3.41. The van der Waals surface area contributed by atoms with Crippen LogP contribution < -0.4 is 15.9 Å². The van der Waals surface area contributed by atoms with Crippen molar-refractivity contribution < 1.29 is 4.74 Å². The maximum absolute atomic E-state index is 11.6. The molecule has 0 aliphatic carbocycles. The summed E-state index contributed by atoms with van der Waals surface area (Å²) in [5.41, 5.74) is 8.04. The van der Waals surface area contributed by atoms with Gasteiger partial charge in [0.25, 0.3) is 0 Å². The standard InChI is InChI=1S/C14H12Br2N2O2/c15-10-3-8-1-2-20-14(8)9(4-10)5-18-6-11(16)13(19)12(17)7-18/h3-4,6-7H,1-2,5,17H2. The van der Waals surface area contributed by atoms with Crippen molar-refractivity contribution in [2.24, 2.45) is 0 Å². The summed E-state index contributed by atoms with van der Waals surface area (Å²) >= 11 is 6.75. The summed E-state index contributed by atoms with van der Waals surface area (Å²) in [5, 5.41) is 0. The minimum atomic E-state index is -0.183. The number of ether oxygens (including phenoxy) is 1. The number of nitrogen functional groups attached to an aromatic ring is 1. The van der Waals surface area contributed by atoms with Crippen molar-refractivity contribution in [3.63, 3.8) is 0 Å². The summed E-state index contributed by atoms with van der Waals surface area (Å²) in [6.45, 7) is 1.32. The number of benzene rings is 1. The first kappa shape index (κ1) is 13.7. The number of halogens is 2. The van der Waals surface area contributed by atoms with Crippen LogP contribution in [0.25, 0.3) is 0 Å². The number of anilines is 1. The second-order valence-electron chi connectivity index (χ2n) is 4.71. The van der Waals surface area contributed by atoms with Crippen molar-refractivity contribution in [2.75, 3.05) is 12.3 Å². The molecule has 0 fully saturated rings. The van der Waals surface area contributed by atoms with Gasteiger partial charge in [-0.25, -0.2) is 0 Å². The van der Waals surface area contributed by atoms with E-state index in [0.717, 1.165) is 28.8 Å². The van der Waals surface area contributed by atoms with E-state index < -0.39 is 0 Å². The lowest BCUT2D eigenvalue weighted by molar-refractivity contribution is 0.352. The first-order valence-corrected chi connectivity index (χ1v) is 7.72. The van der Waals surface area contributed by atoms with Crippen molar-refractivity contribution in [1.29, 1.82) is 0 Å². The van der Waals surface area contributed by atoms with Gasteiger partial charge in [0.15, 0.2) is 0 Å². The van der Waals surface area contributed by atoms with E-state index in [-0.39, 0.29) is 11.1 Å². The normalized spacial score (nSPS) is 13.1. The maximum atomic E-state index is 11.6. The number of aromatic nitrogens is 1. The Morgan fingerprint density at radius 1 is 1.30 bits per heavy atom. The fourth-order valence-electron chi connectivity index (χ4n) is 2.37. The van der Waals surface area contributed by atoms with E-state index in [9.17, 15) is 4.79 Å². The van der Waals surface area contributed by atoms with Crippen molar-refractivity contribution in [3.8, 4) is 5.75 Å². The predicted octanol–water partition coefficient (Wildman–Crippen LogP) is 2.94. The van der Waals surface area contributed by atoms with Crippen LogP contribution in [0.1, 0.15) is 11.1 Å². The number of rotatable bonds is 2. The van der Waals surface area contributed by atoms with Crippen molar-refractivity contribution in [2.45, 2.75) is 13.0 Å². The molecular weight excluding hydrogens is 388 g/mol. The quantitative estimate of drug-likeness (QED) is 0.844. The summed E-state index contributed by atoms with van der Waals surface area (Å²) in [6.07, 6.45) is 4.31. The minimum absolute atomic E-state index is 0.183. The summed E-state index contributed by atoms with van der Waals surface area (Å²) in [4.78, 5) is 11.6. The molecule has 2 N–H and O–H groups in total. The van der Waals surface area contributed by atoms with Crippen LogP contribution in [0.5, 0.6) is 5.75 Å². The van der Waals surface area contributed by atoms with Crippen LogP contribution in [0.15, 0.2) is 38.3 Å². The smallest absolute Gasteiger partial charge is 0.218 e. The monoisotopic (exact) mass is 398 g/mol. The molecule has 0 saturated heterocycles. The fraction of sp³-hybridized carbons (Fsp3) is 0.214. The van der Waals surface area contributed by atoms with Gasteiger partial charge in [0, 0.05) is 28.9 Å². The molecule has 4 nitrogen and oxygen atoms in total. The molecule has 2 aromatic rings. The van der Waals surface area contributed by atoms with Crippen molar-refractivity contribution in [3.05, 3.63) is 54.8 Å². The molecule has 0 spiro atoms. The molecule has 6 heteroatoms. The Morgan fingerprint density at radius 3 is 2.85 bits per heavy atom. The van der Waals surface area contributed by atoms with E-state index in [1.807, 2.05) is 10.6 Å². The molecule has 0 radical (unpaired) electrons. The molecule has 20 heavy (non-hydrogen) atoms. The molecule has 1 aromatic carbocycles. The van der Waals surface area contributed by atoms with Crippen molar-refractivity contribution in [1.82, 2.24) is 4.57 Å². The van der Waals surface area contributed by atoms with Crippen LogP contribution in [0.2, 0.25) is 0 Å². The molecule has 0 saturated carbocycles. The topological polar surface area (TPSA) is 57.2 Å². The van der Waals surface area contributed by atoms with Gasteiger partial charge in [-0.3, -0.25) is 4.79 Å². The Hall–Kier alpha value is -1.27. The third-order valence-electron chi connectivity index (χ3n) is 3.24. The van der Waals surface area contributed by atoms with Gasteiger partial charge in [-0.15, -0.1) is 0 Å². The Kier molecular flexibility index (Phi) is 3.60. The van der Waals surface area contributed by atoms with E-state index in [1.54, 1.807) is 12.4 Å². The first-order chi connectivity index (χ1) is 9.54. The third kappa shape index (κ3) is 2.50. The lowest BCUT2D eigenvalue weighted by Gasteiger charge is -2.12. The number of nitrogens with two attached hydrogens (primary N) is 1. The number of hydrogen-bond donors (Lipinski definition) is 1. The molecule has 0 unspecified atom stereocenters. The Balaban J connectivity index is 2.02. The van der Waals surface area contributed by atoms with Crippen LogP contribution in [0.4, 0.5) is 5.69 Å². The third-order valence-corrected chi connectivity index (χ3v) is 4.26. The maximum Gasteiger partial charge on any atom is 0.218 e. The van der Waals surface area contributed by atoms with Gasteiger partial charge in [-0.1, -0.05) is 15.9 Å². The number of pyridine rings is 1. The lowest BCUT2D eigenvalue weighted by Crippen LogP contribution is -2.13. The van der Waals surface area contributed by atoms with Gasteiger partial charge >= 0.3 is 0 Å². The second-order valence-corrected chi connectivity index (χ2v) is 6.48. The summed E-state index contributed by atoms with van der Waals surface area (Å²) in [5.74, 6) is 0.946. The zero-order valence-electron chi connectivity index (χ0n) is 10.5. The molecule has 1 aliphatic rings. The highest BCUT2D eigenvalue weighted by molar-refractivity contribution is 9.10. The van der Waals surface area contributed by atoms with Crippen LogP contribution in [0, 0.1) is 0 Å². The first-order valence-electron chi connectivity index (χ1n) is 6.14. The molecule has 104 valence electrons. The van der Waals surface area contributed by atoms with E-state index in [4.69, 9.17) is 10.5 Å². The molecule has 3 rings (SSSR count). The van der Waals surface area contributed by atoms with Gasteiger partial charge in [0.1, 0.15) is 5.75 Å². The zero-order valence-corrected chi connectivity index (χ0v) is 13.7. The van der Waals surface area contributed by atoms with E-state index in [2.05, 4.69) is 37.9 Å². The minimum Gasteiger partial charge on any atom is -0.493 e. The van der Waals surface area contributed by atoms with Gasteiger partial charge < -0.3 is 15.0 Å². The average Bonchev–Trinajstić information content (AvgIpc) is 2.84. The lowest BCUT2D eigenvalue weighted by atomic mass is 10.1. The molecule has 0 amide bonds. The highest BCUT2D eigenvalue weighted by atomic mass is 79.9. The van der Waals surface area contributed by atoms with Crippen LogP contribution >= 0.6 is 31.9 Å². The van der Waals surface area contributed by atoms with Crippen LogP contribution in [0.3, 0.4) is 0 Å². The van der Waals surface area contributed by atoms with E-state index >= 15 is 0 Å². The Bertz CT molecular complexity index is 714. The van der Waals surface area contributed by atoms with Crippen molar-refractivity contribution >= 4 is 37.5 Å². The van der Waals surface area contributed by atoms with E-state index in [1.165, 1.54) is 5.56 Å². The highest BCUT2D eigenvalue weighted by Crippen LogP contribution is 2.33. The largest absolute Gasteiger partial charge is 0.493 e. The zero-order chi connectivity index (χ0) is 14.3. The van der Waals surface area contributed by atoms with Gasteiger partial charge in [0.05, 0.1) is 23.3 Å². The summed E-state index contributed by atoms with van der Waals surface area (Å²) < 4.78 is 9.08. The predicted molar refractivity (Wildman–Crippen MR) is 85.3 cm³/mol. The Morgan fingerprint density at radius 2 is 2.10 bits per heavy atom. The molecular formula is C14H12Br2N2O2. The van der Waals surface area contributed by atoms with Gasteiger partial charge in [-0.2, -0.15) is 0 Å². The molecule has 0 bridgehead atoms. The van der Waals surface area contributed by atoms with Gasteiger partial charge in [-0.05, 0) is 33.6 Å². The molecule has 2 heterocycles. The summed E-state index contributed by atoms with van der Waals surface area (Å²) in [6, 6.07) is 4.12. The second kappa shape index (κ2) is 5.26. The van der Waals surface area contributed by atoms with Crippen LogP contribution in [-0.4, -0.2) is 11.2 Å². The number of fused-ring (bicyclic) bond motifs is 1. The molecule has 1 aromatic heterocycles. The SMILES string of the molecule is Nc1cn(Cc2cc(Br)cc3c2OCC3)cc(Br)c1=O. The van der Waals surface area contributed by atoms with Crippen LogP contribution in [-0.2, 0) is 13.0 Å². The summed E-state index contributed by atoms with van der Waals surface area (Å²) in [7, 11) is 0. The van der Waals surface area contributed by atoms with E-state index in [0.29, 0.717) is 11.0 Å². The average molecular weight is 400 g/mol. The molecule has 0 atom stereocenters. The molecule has 1 aliphatic heterocycles. The number of nitrogens with zero attached hydrogens (tertiary/aromatic N) is 1. The number of hydrogen-bond acceptors (Lipinski definition) is 3.